The average Bonchev–Trinajstić information content (AvgIpc) is 2.89. The summed E-state index contributed by atoms with van der Waals surface area (Å²) in [5.74, 6) is -0.458. The van der Waals surface area contributed by atoms with Crippen molar-refractivity contribution in [2.24, 2.45) is 5.92 Å². The van der Waals surface area contributed by atoms with E-state index >= 15 is 0 Å². The summed E-state index contributed by atoms with van der Waals surface area (Å²) in [5, 5.41) is 0. The van der Waals surface area contributed by atoms with Gasteiger partial charge < -0.3 is 14.2 Å². The van der Waals surface area contributed by atoms with E-state index in [9.17, 15) is 14.4 Å². The van der Waals surface area contributed by atoms with Gasteiger partial charge in [-0.05, 0) is 38.7 Å². The Bertz CT molecular complexity index is 778. The highest BCUT2D eigenvalue weighted by molar-refractivity contribution is 5.87. The summed E-state index contributed by atoms with van der Waals surface area (Å²) in [7, 11) is 1.33. The fraction of sp³-hybridized carbons (Fsp3) is 0.433. The van der Waals surface area contributed by atoms with Crippen LogP contribution in [0.3, 0.4) is 0 Å². The zero-order chi connectivity index (χ0) is 28.4. The number of hydrogen-bond acceptors (Lipinski definition) is 6. The maximum Gasteiger partial charge on any atom is 0.333 e. The van der Waals surface area contributed by atoms with E-state index in [1.807, 2.05) is 36.4 Å². The maximum atomic E-state index is 11.1. The van der Waals surface area contributed by atoms with Crippen LogP contribution in [0.5, 0.6) is 0 Å². The lowest BCUT2D eigenvalue weighted by Gasteiger charge is -2.14. The third-order valence-corrected chi connectivity index (χ3v) is 4.36. The number of carbonyl (C=O) groups is 3. The molecule has 0 amide bonds. The monoisotopic (exact) mass is 502 g/mol. The summed E-state index contributed by atoms with van der Waals surface area (Å²) in [4.78, 5) is 31.4. The molecular formula is C30H46O6. The summed E-state index contributed by atoms with van der Waals surface area (Å²) in [6, 6.07) is 10.0. The third-order valence-electron chi connectivity index (χ3n) is 4.36. The number of ether oxygens (including phenoxy) is 3. The largest absolute Gasteiger partial charge is 0.466 e. The van der Waals surface area contributed by atoms with E-state index in [0.29, 0.717) is 30.3 Å². The Hall–Kier alpha value is -3.41. The number of unbranched alkanes of at least 4 members (excludes halogenated alkanes) is 1. The second-order valence-electron chi connectivity index (χ2n) is 7.64. The van der Waals surface area contributed by atoms with Gasteiger partial charge in [0.1, 0.15) is 0 Å². The van der Waals surface area contributed by atoms with Crippen molar-refractivity contribution < 1.29 is 28.6 Å². The molecule has 202 valence electrons. The molecule has 0 saturated carbocycles. The first kappa shape index (κ1) is 37.1. The van der Waals surface area contributed by atoms with Crippen molar-refractivity contribution in [3.8, 4) is 0 Å². The van der Waals surface area contributed by atoms with Crippen LogP contribution in [0.2, 0.25) is 0 Å². The van der Waals surface area contributed by atoms with E-state index in [-0.39, 0.29) is 17.9 Å². The predicted octanol–water partition coefficient (Wildman–Crippen LogP) is 7.12. The normalized spacial score (nSPS) is 9.61. The van der Waals surface area contributed by atoms with Crippen molar-refractivity contribution >= 4 is 24.0 Å². The molecule has 0 saturated heterocycles. The summed E-state index contributed by atoms with van der Waals surface area (Å²) in [6.45, 7) is 24.0. The van der Waals surface area contributed by atoms with Gasteiger partial charge >= 0.3 is 17.9 Å². The molecule has 0 aliphatic heterocycles. The molecule has 0 aliphatic carbocycles. The first-order chi connectivity index (χ1) is 17.0. The zero-order valence-corrected chi connectivity index (χ0v) is 23.1. The molecule has 0 radical (unpaired) electrons. The highest BCUT2D eigenvalue weighted by atomic mass is 16.5. The second-order valence-corrected chi connectivity index (χ2v) is 7.64. The molecule has 1 unspecified atom stereocenters. The standard InChI is InChI=1S/C12H22O2.C8H8.2C5H8O2/c1-5-7-8-11(6-2)9-14-12(13)10(3)4;1-2-8-6-4-3-5-7-8;1-4(2)5(6)7-3;1-3-5(6)7-4-2/h11H,3,5-9H2,1-2,4H3;2-7H,1H2;1H2,2-3H3;3H,1,4H2,2H3. The summed E-state index contributed by atoms with van der Waals surface area (Å²) in [5.41, 5.74) is 2.09. The Morgan fingerprint density at radius 3 is 1.75 bits per heavy atom. The Morgan fingerprint density at radius 2 is 1.47 bits per heavy atom. The third kappa shape index (κ3) is 25.2. The van der Waals surface area contributed by atoms with Gasteiger partial charge in [0, 0.05) is 17.2 Å². The van der Waals surface area contributed by atoms with Gasteiger partial charge in [0.15, 0.2) is 0 Å². The van der Waals surface area contributed by atoms with Gasteiger partial charge in [-0.15, -0.1) is 0 Å². The molecule has 6 heteroatoms. The maximum absolute atomic E-state index is 11.1. The van der Waals surface area contributed by atoms with E-state index in [0.717, 1.165) is 18.9 Å². The van der Waals surface area contributed by atoms with Crippen LogP contribution in [0.25, 0.3) is 6.08 Å². The number of carbonyl (C=O) groups excluding carboxylic acids is 3. The second kappa shape index (κ2) is 26.2. The Balaban J connectivity index is -0.000000426. The van der Waals surface area contributed by atoms with Crippen LogP contribution in [0, 0.1) is 5.92 Å². The Labute approximate surface area is 218 Å². The molecule has 0 N–H and O–H groups in total. The minimum absolute atomic E-state index is 0.264. The van der Waals surface area contributed by atoms with Crippen LogP contribution in [-0.4, -0.2) is 38.2 Å². The summed E-state index contributed by atoms with van der Waals surface area (Å²) < 4.78 is 13.8. The minimum Gasteiger partial charge on any atom is -0.466 e. The molecule has 0 aliphatic rings. The van der Waals surface area contributed by atoms with Gasteiger partial charge in [0.2, 0.25) is 0 Å². The van der Waals surface area contributed by atoms with Crippen molar-refractivity contribution in [3.05, 3.63) is 79.4 Å². The number of esters is 3. The average molecular weight is 503 g/mol. The van der Waals surface area contributed by atoms with Gasteiger partial charge in [0.25, 0.3) is 0 Å². The molecule has 0 fully saturated rings. The van der Waals surface area contributed by atoms with Crippen molar-refractivity contribution in [2.45, 2.75) is 60.3 Å². The highest BCUT2D eigenvalue weighted by Crippen LogP contribution is 2.13. The van der Waals surface area contributed by atoms with Crippen LogP contribution in [-0.2, 0) is 28.6 Å². The highest BCUT2D eigenvalue weighted by Gasteiger charge is 2.09. The number of benzene rings is 1. The molecule has 1 aromatic carbocycles. The van der Waals surface area contributed by atoms with Gasteiger partial charge in [-0.1, -0.05) is 95.8 Å². The molecule has 1 rings (SSSR count). The van der Waals surface area contributed by atoms with Crippen LogP contribution >= 0.6 is 0 Å². The lowest BCUT2D eigenvalue weighted by molar-refractivity contribution is -0.140. The van der Waals surface area contributed by atoms with Gasteiger partial charge in [-0.3, -0.25) is 0 Å². The lowest BCUT2D eigenvalue weighted by Crippen LogP contribution is -2.14. The van der Waals surface area contributed by atoms with Crippen LogP contribution in [0.4, 0.5) is 0 Å². The van der Waals surface area contributed by atoms with E-state index in [2.05, 4.69) is 49.6 Å². The molecule has 0 heterocycles. The predicted molar refractivity (Wildman–Crippen MR) is 149 cm³/mol. The molecule has 0 spiro atoms. The molecular weight excluding hydrogens is 456 g/mol. The Morgan fingerprint density at radius 1 is 0.917 bits per heavy atom. The van der Waals surface area contributed by atoms with Crippen LogP contribution in [0.1, 0.15) is 65.9 Å². The van der Waals surface area contributed by atoms with Crippen molar-refractivity contribution in [2.75, 3.05) is 20.3 Å². The van der Waals surface area contributed by atoms with E-state index in [1.165, 1.54) is 25.5 Å². The Kier molecular flexibility index (Phi) is 27.0. The molecule has 36 heavy (non-hydrogen) atoms. The topological polar surface area (TPSA) is 78.9 Å². The first-order valence-corrected chi connectivity index (χ1v) is 12.1. The van der Waals surface area contributed by atoms with Gasteiger partial charge in [-0.2, -0.15) is 0 Å². The van der Waals surface area contributed by atoms with Crippen LogP contribution < -0.4 is 0 Å². The van der Waals surface area contributed by atoms with Crippen molar-refractivity contribution in [1.29, 1.82) is 0 Å². The molecule has 0 aromatic heterocycles. The molecule has 1 atom stereocenters. The number of hydrogen-bond donors (Lipinski definition) is 0. The quantitative estimate of drug-likeness (QED) is 0.182. The lowest BCUT2D eigenvalue weighted by atomic mass is 10.0. The molecule has 6 nitrogen and oxygen atoms in total. The van der Waals surface area contributed by atoms with Crippen LogP contribution in [0.15, 0.2) is 73.9 Å². The van der Waals surface area contributed by atoms with Gasteiger partial charge in [-0.25, -0.2) is 14.4 Å². The van der Waals surface area contributed by atoms with Gasteiger partial charge in [0.05, 0.1) is 20.3 Å². The minimum atomic E-state index is -0.359. The van der Waals surface area contributed by atoms with Crippen molar-refractivity contribution in [1.82, 2.24) is 0 Å². The number of methoxy groups -OCH3 is 1. The van der Waals surface area contributed by atoms with E-state index in [4.69, 9.17) is 4.74 Å². The smallest absolute Gasteiger partial charge is 0.333 e. The summed E-state index contributed by atoms with van der Waals surface area (Å²) in [6.07, 6.45) is 7.61. The van der Waals surface area contributed by atoms with Crippen molar-refractivity contribution in [3.63, 3.8) is 0 Å². The van der Waals surface area contributed by atoms with E-state index in [1.54, 1.807) is 20.8 Å². The fourth-order valence-corrected chi connectivity index (χ4v) is 2.18. The SMILES string of the molecule is C=C(C)C(=O)OC.C=C(C)C(=O)OCC(CC)CCCC.C=CC(=O)OCC.C=Cc1ccccc1. The molecule has 1 aromatic rings. The first-order valence-electron chi connectivity index (χ1n) is 12.1. The fourth-order valence-electron chi connectivity index (χ4n) is 2.18. The zero-order valence-electron chi connectivity index (χ0n) is 23.1. The van der Waals surface area contributed by atoms with E-state index < -0.39 is 0 Å². The number of rotatable bonds is 11. The molecule has 0 bridgehead atoms. The summed E-state index contributed by atoms with van der Waals surface area (Å²) >= 11 is 0.